The van der Waals surface area contributed by atoms with Gasteiger partial charge in [-0.1, -0.05) is 29.8 Å². The molecule has 1 aromatic heterocycles. The molecule has 27 heavy (non-hydrogen) atoms. The van der Waals surface area contributed by atoms with Crippen LogP contribution in [0.15, 0.2) is 48.5 Å². The SMILES string of the molecule is C[C@H]1CN(c2nnc(Cl)c3cc(F)ccc23)CCN1C(=O)c1ccccc1. The second kappa shape index (κ2) is 7.12. The third-order valence-electron chi connectivity index (χ3n) is 4.89. The molecule has 138 valence electrons. The molecule has 2 heterocycles. The van der Waals surface area contributed by atoms with Crippen LogP contribution in [0, 0.1) is 5.82 Å². The lowest BCUT2D eigenvalue weighted by molar-refractivity contribution is 0.0674. The number of halogens is 2. The summed E-state index contributed by atoms with van der Waals surface area (Å²) in [5.41, 5.74) is 0.685. The monoisotopic (exact) mass is 384 g/mol. The van der Waals surface area contributed by atoms with E-state index in [0.717, 1.165) is 5.39 Å². The topological polar surface area (TPSA) is 49.3 Å². The fourth-order valence-electron chi connectivity index (χ4n) is 3.51. The standard InChI is InChI=1S/C20H18ClFN4O/c1-13-12-25(9-10-26(13)20(27)14-5-3-2-4-6-14)19-16-8-7-15(22)11-17(16)18(21)23-24-19/h2-8,11,13H,9-10,12H2,1H3/t13-/m0/s1. The lowest BCUT2D eigenvalue weighted by Crippen LogP contribution is -2.54. The molecule has 0 bridgehead atoms. The van der Waals surface area contributed by atoms with Crippen molar-refractivity contribution in [2.24, 2.45) is 0 Å². The predicted molar refractivity (Wildman–Crippen MR) is 104 cm³/mol. The van der Waals surface area contributed by atoms with Gasteiger partial charge in [-0.2, -0.15) is 0 Å². The Balaban J connectivity index is 1.59. The number of hydrogen-bond donors (Lipinski definition) is 0. The average molecular weight is 385 g/mol. The van der Waals surface area contributed by atoms with Crippen LogP contribution >= 0.6 is 11.6 Å². The molecule has 5 nitrogen and oxygen atoms in total. The van der Waals surface area contributed by atoms with E-state index in [1.54, 1.807) is 6.07 Å². The van der Waals surface area contributed by atoms with Crippen LogP contribution < -0.4 is 4.90 Å². The third-order valence-corrected chi connectivity index (χ3v) is 5.17. The van der Waals surface area contributed by atoms with Gasteiger partial charge in [-0.3, -0.25) is 4.79 Å². The summed E-state index contributed by atoms with van der Waals surface area (Å²) in [6.07, 6.45) is 0. The summed E-state index contributed by atoms with van der Waals surface area (Å²) in [6, 6.07) is 13.7. The normalized spacial score (nSPS) is 17.4. The summed E-state index contributed by atoms with van der Waals surface area (Å²) >= 11 is 6.09. The van der Waals surface area contributed by atoms with E-state index in [-0.39, 0.29) is 22.9 Å². The van der Waals surface area contributed by atoms with Crippen molar-refractivity contribution in [2.75, 3.05) is 24.5 Å². The van der Waals surface area contributed by atoms with Gasteiger partial charge in [0, 0.05) is 42.0 Å². The molecule has 0 unspecified atom stereocenters. The highest BCUT2D eigenvalue weighted by atomic mass is 35.5. The highest BCUT2D eigenvalue weighted by molar-refractivity contribution is 6.34. The molecule has 1 aliphatic heterocycles. The fourth-order valence-corrected chi connectivity index (χ4v) is 3.71. The molecule has 1 amide bonds. The van der Waals surface area contributed by atoms with Crippen molar-refractivity contribution in [2.45, 2.75) is 13.0 Å². The third kappa shape index (κ3) is 3.32. The molecule has 7 heteroatoms. The van der Waals surface area contributed by atoms with Crippen LogP contribution in [0.2, 0.25) is 5.15 Å². The number of hydrogen-bond acceptors (Lipinski definition) is 4. The van der Waals surface area contributed by atoms with Gasteiger partial charge in [0.25, 0.3) is 5.91 Å². The minimum Gasteiger partial charge on any atom is -0.351 e. The minimum atomic E-state index is -0.366. The Morgan fingerprint density at radius 1 is 1.11 bits per heavy atom. The van der Waals surface area contributed by atoms with Crippen molar-refractivity contribution >= 4 is 34.1 Å². The zero-order valence-electron chi connectivity index (χ0n) is 14.8. The van der Waals surface area contributed by atoms with E-state index < -0.39 is 0 Å². The smallest absolute Gasteiger partial charge is 0.254 e. The molecule has 0 radical (unpaired) electrons. The molecule has 0 aliphatic carbocycles. The van der Waals surface area contributed by atoms with Crippen molar-refractivity contribution in [1.29, 1.82) is 0 Å². The average Bonchev–Trinajstić information content (AvgIpc) is 2.69. The number of aromatic nitrogens is 2. The van der Waals surface area contributed by atoms with E-state index in [4.69, 9.17) is 11.6 Å². The van der Waals surface area contributed by atoms with Gasteiger partial charge in [0.05, 0.1) is 0 Å². The largest absolute Gasteiger partial charge is 0.351 e. The van der Waals surface area contributed by atoms with Gasteiger partial charge in [0.1, 0.15) is 5.82 Å². The Morgan fingerprint density at radius 2 is 1.89 bits per heavy atom. The van der Waals surface area contributed by atoms with Crippen LogP contribution in [0.1, 0.15) is 17.3 Å². The van der Waals surface area contributed by atoms with Crippen LogP contribution in [0.5, 0.6) is 0 Å². The van der Waals surface area contributed by atoms with Gasteiger partial charge in [-0.15, -0.1) is 10.2 Å². The Bertz CT molecular complexity index is 998. The number of fused-ring (bicyclic) bond motifs is 1. The Morgan fingerprint density at radius 3 is 2.63 bits per heavy atom. The molecule has 1 saturated heterocycles. The predicted octanol–water partition coefficient (Wildman–Crippen LogP) is 3.77. The quantitative estimate of drug-likeness (QED) is 0.674. The molecular weight excluding hydrogens is 367 g/mol. The van der Waals surface area contributed by atoms with Crippen molar-refractivity contribution < 1.29 is 9.18 Å². The van der Waals surface area contributed by atoms with Gasteiger partial charge in [-0.05, 0) is 37.3 Å². The van der Waals surface area contributed by atoms with Crippen molar-refractivity contribution in [3.8, 4) is 0 Å². The number of piperazine rings is 1. The van der Waals surface area contributed by atoms with Gasteiger partial charge in [0.15, 0.2) is 11.0 Å². The summed E-state index contributed by atoms with van der Waals surface area (Å²) in [5, 5.41) is 9.69. The van der Waals surface area contributed by atoms with Crippen LogP contribution in [0.4, 0.5) is 10.2 Å². The molecule has 1 aliphatic rings. The van der Waals surface area contributed by atoms with E-state index in [1.165, 1.54) is 12.1 Å². The summed E-state index contributed by atoms with van der Waals surface area (Å²) in [7, 11) is 0. The van der Waals surface area contributed by atoms with E-state index in [2.05, 4.69) is 15.1 Å². The van der Waals surface area contributed by atoms with E-state index in [1.807, 2.05) is 42.2 Å². The van der Waals surface area contributed by atoms with Crippen LogP contribution in [0.25, 0.3) is 10.8 Å². The summed E-state index contributed by atoms with van der Waals surface area (Å²) < 4.78 is 13.6. The maximum atomic E-state index is 13.6. The van der Waals surface area contributed by atoms with Crippen LogP contribution in [-0.4, -0.2) is 46.7 Å². The number of anilines is 1. The lowest BCUT2D eigenvalue weighted by Gasteiger charge is -2.40. The zero-order valence-corrected chi connectivity index (χ0v) is 15.5. The van der Waals surface area contributed by atoms with Crippen LogP contribution in [-0.2, 0) is 0 Å². The summed E-state index contributed by atoms with van der Waals surface area (Å²) in [5.74, 6) is 0.319. The van der Waals surface area contributed by atoms with Gasteiger partial charge < -0.3 is 9.80 Å². The number of rotatable bonds is 2. The Kier molecular flexibility index (Phi) is 4.66. The molecule has 1 fully saturated rings. The minimum absolute atomic E-state index is 0.000525. The molecule has 1 atom stereocenters. The highest BCUT2D eigenvalue weighted by Gasteiger charge is 2.29. The molecule has 2 aromatic carbocycles. The number of nitrogens with zero attached hydrogens (tertiary/aromatic N) is 4. The molecule has 3 aromatic rings. The van der Waals surface area contributed by atoms with Gasteiger partial charge in [-0.25, -0.2) is 4.39 Å². The van der Waals surface area contributed by atoms with E-state index in [9.17, 15) is 9.18 Å². The highest BCUT2D eigenvalue weighted by Crippen LogP contribution is 2.30. The first-order valence-corrected chi connectivity index (χ1v) is 9.15. The Labute approximate surface area is 161 Å². The van der Waals surface area contributed by atoms with E-state index >= 15 is 0 Å². The molecule has 4 rings (SSSR count). The number of amides is 1. The van der Waals surface area contributed by atoms with Crippen LogP contribution in [0.3, 0.4) is 0 Å². The van der Waals surface area contributed by atoms with Gasteiger partial charge in [0.2, 0.25) is 0 Å². The zero-order chi connectivity index (χ0) is 19.0. The molecule has 0 N–H and O–H groups in total. The maximum absolute atomic E-state index is 13.6. The molecule has 0 saturated carbocycles. The molecule has 0 spiro atoms. The van der Waals surface area contributed by atoms with Crippen molar-refractivity contribution in [3.63, 3.8) is 0 Å². The summed E-state index contributed by atoms with van der Waals surface area (Å²) in [4.78, 5) is 16.7. The van der Waals surface area contributed by atoms with Gasteiger partial charge >= 0.3 is 0 Å². The maximum Gasteiger partial charge on any atom is 0.254 e. The van der Waals surface area contributed by atoms with Crippen molar-refractivity contribution in [3.05, 3.63) is 65.1 Å². The first-order chi connectivity index (χ1) is 13.0. The van der Waals surface area contributed by atoms with E-state index in [0.29, 0.717) is 36.4 Å². The fraction of sp³-hybridized carbons (Fsp3) is 0.250. The summed E-state index contributed by atoms with van der Waals surface area (Å²) in [6.45, 7) is 3.81. The first-order valence-electron chi connectivity index (χ1n) is 8.77. The number of benzene rings is 2. The first kappa shape index (κ1) is 17.7. The van der Waals surface area contributed by atoms with Crippen molar-refractivity contribution in [1.82, 2.24) is 15.1 Å². The Hall–Kier alpha value is -2.73. The number of carbonyl (C=O) groups excluding carboxylic acids is 1. The molecular formula is C20H18ClFN4O. The second-order valence-corrected chi connectivity index (χ2v) is 7.02. The number of carbonyl (C=O) groups is 1. The lowest BCUT2D eigenvalue weighted by atomic mass is 10.1. The second-order valence-electron chi connectivity index (χ2n) is 6.66.